The molecule has 1 aliphatic rings. The maximum atomic E-state index is 13.4. The lowest BCUT2D eigenvalue weighted by atomic mass is 10.1. The van der Waals surface area contributed by atoms with Gasteiger partial charge in [0.05, 0.1) is 29.7 Å². The Morgan fingerprint density at radius 3 is 2.43 bits per heavy atom. The summed E-state index contributed by atoms with van der Waals surface area (Å²) in [5, 5.41) is 0. The number of hydrogen-bond acceptors (Lipinski definition) is 6. The molecule has 0 aliphatic carbocycles. The number of allylic oxidation sites excluding steroid dienone is 1. The number of benzene rings is 2. The average Bonchev–Trinajstić information content (AvgIpc) is 3.40. The van der Waals surface area contributed by atoms with E-state index in [2.05, 4.69) is 4.72 Å². The molecule has 0 atom stereocenters. The molecule has 0 unspecified atom stereocenters. The van der Waals surface area contributed by atoms with Crippen molar-refractivity contribution in [2.24, 2.45) is 0 Å². The van der Waals surface area contributed by atoms with Crippen LogP contribution in [0.1, 0.15) is 18.4 Å². The summed E-state index contributed by atoms with van der Waals surface area (Å²) in [4.78, 5) is 27.1. The van der Waals surface area contributed by atoms with Gasteiger partial charge in [0.2, 0.25) is 10.0 Å². The smallest absolute Gasteiger partial charge is 0.340 e. The molecule has 0 saturated heterocycles. The van der Waals surface area contributed by atoms with Crippen molar-refractivity contribution in [1.82, 2.24) is 4.72 Å². The highest BCUT2D eigenvalue weighted by molar-refractivity contribution is 7.89. The van der Waals surface area contributed by atoms with Crippen molar-refractivity contribution in [3.63, 3.8) is 0 Å². The van der Waals surface area contributed by atoms with Gasteiger partial charge in [0.15, 0.2) is 0 Å². The van der Waals surface area contributed by atoms with E-state index in [9.17, 15) is 22.4 Å². The largest absolute Gasteiger partial charge is 0.465 e. The second kappa shape index (κ2) is 9.69. The van der Waals surface area contributed by atoms with Gasteiger partial charge in [0.25, 0.3) is 5.91 Å². The number of anilines is 1. The minimum Gasteiger partial charge on any atom is -0.465 e. The summed E-state index contributed by atoms with van der Waals surface area (Å²) in [6.07, 6.45) is 1.39. The van der Waals surface area contributed by atoms with Crippen molar-refractivity contribution in [3.8, 4) is 0 Å². The summed E-state index contributed by atoms with van der Waals surface area (Å²) >= 11 is 0. The molecule has 1 aromatic heterocycles. The summed E-state index contributed by atoms with van der Waals surface area (Å²) in [6, 6.07) is 16.3. The van der Waals surface area contributed by atoms with Crippen molar-refractivity contribution >= 4 is 33.7 Å². The number of nitrogens with one attached hydrogen (secondary N) is 1. The Hall–Kier alpha value is -4.02. The predicted octanol–water partition coefficient (Wildman–Crippen LogP) is 3.77. The second-order valence-electron chi connectivity index (χ2n) is 7.57. The molecule has 4 rings (SSSR count). The quantitative estimate of drug-likeness (QED) is 0.394. The molecule has 2 heterocycles. The van der Waals surface area contributed by atoms with Crippen LogP contribution >= 0.6 is 0 Å². The van der Waals surface area contributed by atoms with E-state index in [0.29, 0.717) is 17.1 Å². The molecule has 1 aliphatic heterocycles. The van der Waals surface area contributed by atoms with E-state index in [0.717, 1.165) is 0 Å². The number of carbonyl (C=O) groups excluding carboxylic acids is 2. The number of sulfonamides is 1. The maximum Gasteiger partial charge on any atom is 0.340 e. The first-order chi connectivity index (χ1) is 16.7. The molecular formula is C25H21FN2O6S. The summed E-state index contributed by atoms with van der Waals surface area (Å²) in [5.74, 6) is -1.15. The Kier molecular flexibility index (Phi) is 6.68. The highest BCUT2D eigenvalue weighted by atomic mass is 32.2. The molecule has 0 bridgehead atoms. The molecule has 0 spiro atoms. The summed E-state index contributed by atoms with van der Waals surface area (Å²) in [5.41, 5.74) is 0.783. The molecule has 1 N–H and O–H groups in total. The van der Waals surface area contributed by atoms with Crippen LogP contribution in [0, 0.1) is 5.82 Å². The third-order valence-electron chi connectivity index (χ3n) is 5.33. The van der Waals surface area contributed by atoms with E-state index in [4.69, 9.17) is 9.15 Å². The summed E-state index contributed by atoms with van der Waals surface area (Å²) in [7, 11) is -2.53. The van der Waals surface area contributed by atoms with Gasteiger partial charge in [-0.3, -0.25) is 9.69 Å². The van der Waals surface area contributed by atoms with Gasteiger partial charge >= 0.3 is 5.97 Å². The maximum absolute atomic E-state index is 13.4. The van der Waals surface area contributed by atoms with Gasteiger partial charge in [-0.2, -0.15) is 0 Å². The average molecular weight is 497 g/mol. The summed E-state index contributed by atoms with van der Waals surface area (Å²) < 4.78 is 51.2. The number of esters is 1. The zero-order valence-corrected chi connectivity index (χ0v) is 19.6. The minimum absolute atomic E-state index is 0.0319. The van der Waals surface area contributed by atoms with E-state index >= 15 is 0 Å². The molecular weight excluding hydrogens is 475 g/mol. The van der Waals surface area contributed by atoms with Gasteiger partial charge in [0.1, 0.15) is 17.3 Å². The monoisotopic (exact) mass is 496 g/mol. The Morgan fingerprint density at radius 1 is 1.09 bits per heavy atom. The lowest BCUT2D eigenvalue weighted by molar-refractivity contribution is -0.136. The number of amides is 1. The fraction of sp³-hybridized carbons (Fsp3) is 0.120. The minimum atomic E-state index is -3.73. The van der Waals surface area contributed by atoms with Crippen molar-refractivity contribution in [2.75, 3.05) is 12.0 Å². The highest BCUT2D eigenvalue weighted by Crippen LogP contribution is 2.35. The molecule has 3 aromatic rings. The van der Waals surface area contributed by atoms with Crippen molar-refractivity contribution in [1.29, 1.82) is 0 Å². The van der Waals surface area contributed by atoms with Gasteiger partial charge in [-0.25, -0.2) is 22.3 Å². The molecule has 8 nitrogen and oxygen atoms in total. The van der Waals surface area contributed by atoms with Crippen LogP contribution < -0.4 is 9.62 Å². The lowest BCUT2D eigenvalue weighted by Crippen LogP contribution is -2.24. The Morgan fingerprint density at radius 2 is 1.77 bits per heavy atom. The van der Waals surface area contributed by atoms with E-state index in [1.807, 2.05) is 0 Å². The Bertz CT molecular complexity index is 1440. The molecule has 180 valence electrons. The van der Waals surface area contributed by atoms with Gasteiger partial charge in [-0.15, -0.1) is 0 Å². The highest BCUT2D eigenvalue weighted by Gasteiger charge is 2.38. The fourth-order valence-corrected chi connectivity index (χ4v) is 4.65. The van der Waals surface area contributed by atoms with Gasteiger partial charge < -0.3 is 9.15 Å². The van der Waals surface area contributed by atoms with Crippen molar-refractivity contribution in [2.45, 2.75) is 18.4 Å². The van der Waals surface area contributed by atoms with Crippen LogP contribution in [-0.2, 0) is 30.9 Å². The predicted molar refractivity (Wildman–Crippen MR) is 126 cm³/mol. The van der Waals surface area contributed by atoms with Crippen LogP contribution in [0.3, 0.4) is 0 Å². The van der Waals surface area contributed by atoms with Crippen molar-refractivity contribution in [3.05, 3.63) is 101 Å². The second-order valence-corrected chi connectivity index (χ2v) is 9.34. The molecule has 35 heavy (non-hydrogen) atoms. The zero-order chi connectivity index (χ0) is 25.2. The number of nitrogens with zero attached hydrogens (tertiary/aromatic N) is 1. The van der Waals surface area contributed by atoms with E-state index < -0.39 is 27.7 Å². The normalized spacial score (nSPS) is 15.2. The number of ether oxygens (including phenoxy) is 1. The molecule has 10 heteroatoms. The molecule has 2 aromatic carbocycles. The fourth-order valence-electron chi connectivity index (χ4n) is 3.64. The van der Waals surface area contributed by atoms with Crippen LogP contribution in [0.4, 0.5) is 10.1 Å². The van der Waals surface area contributed by atoms with Crippen LogP contribution in [0.5, 0.6) is 0 Å². The van der Waals surface area contributed by atoms with Gasteiger partial charge in [-0.1, -0.05) is 18.2 Å². The lowest BCUT2D eigenvalue weighted by Gasteiger charge is -2.17. The topological polar surface area (TPSA) is 106 Å². The standard InChI is InChI=1S/C25H21FN2O6S/c1-16-23(25(30)33-2)22(24(29)28(16)18-10-8-17(26)9-11-18)14-19-12-13-20(34-19)15-27-35(31,32)21-6-4-3-5-7-21/h3-14,27H,15H2,1-2H3/b22-14+. The zero-order valence-electron chi connectivity index (χ0n) is 18.8. The Labute approximate surface area is 201 Å². The van der Waals surface area contributed by atoms with Crippen molar-refractivity contribution < 1.29 is 31.6 Å². The van der Waals surface area contributed by atoms with Crippen LogP contribution in [0.15, 0.2) is 92.9 Å². The number of carbonyl (C=O) groups is 2. The third-order valence-corrected chi connectivity index (χ3v) is 6.75. The molecule has 0 saturated carbocycles. The van der Waals surface area contributed by atoms with E-state index in [1.165, 1.54) is 54.5 Å². The number of rotatable bonds is 7. The van der Waals surface area contributed by atoms with E-state index in [1.54, 1.807) is 37.3 Å². The first kappa shape index (κ1) is 24.1. The van der Waals surface area contributed by atoms with Crippen LogP contribution in [0.25, 0.3) is 6.08 Å². The molecule has 1 amide bonds. The third kappa shape index (κ3) is 4.93. The summed E-state index contributed by atoms with van der Waals surface area (Å²) in [6.45, 7) is 1.47. The number of hydrogen-bond donors (Lipinski definition) is 1. The van der Waals surface area contributed by atoms with Gasteiger partial charge in [-0.05, 0) is 61.5 Å². The first-order valence-corrected chi connectivity index (χ1v) is 11.9. The number of halogens is 1. The SMILES string of the molecule is COC(=O)C1=C(C)N(c2ccc(F)cc2)C(=O)/C1=C/c1ccc(CNS(=O)(=O)c2ccccc2)o1. The van der Waals surface area contributed by atoms with E-state index in [-0.39, 0.29) is 28.3 Å². The van der Waals surface area contributed by atoms with Crippen LogP contribution in [-0.4, -0.2) is 27.4 Å². The Balaban J connectivity index is 1.60. The number of methoxy groups -OCH3 is 1. The first-order valence-electron chi connectivity index (χ1n) is 10.5. The molecule has 0 radical (unpaired) electrons. The number of furan rings is 1. The molecule has 0 fully saturated rings. The van der Waals surface area contributed by atoms with Crippen LogP contribution in [0.2, 0.25) is 0 Å². The van der Waals surface area contributed by atoms with Gasteiger partial charge in [0, 0.05) is 11.4 Å².